The lowest BCUT2D eigenvalue weighted by atomic mass is 10.0. The molecule has 13 heavy (non-hydrogen) atoms. The zero-order valence-corrected chi connectivity index (χ0v) is 7.83. The number of hydrogen-bond acceptors (Lipinski definition) is 2. The summed E-state index contributed by atoms with van der Waals surface area (Å²) in [5.41, 5.74) is 6.28. The highest BCUT2D eigenvalue weighted by Gasteiger charge is 2.16. The third-order valence-corrected chi connectivity index (χ3v) is 2.14. The lowest BCUT2D eigenvalue weighted by Gasteiger charge is -2.18. The number of halogens is 1. The van der Waals surface area contributed by atoms with Crippen molar-refractivity contribution < 1.29 is 9.13 Å². The van der Waals surface area contributed by atoms with Crippen molar-refractivity contribution in [2.24, 2.45) is 5.73 Å². The van der Waals surface area contributed by atoms with Crippen LogP contribution in [0.5, 0.6) is 0 Å². The molecule has 72 valence electrons. The van der Waals surface area contributed by atoms with Crippen molar-refractivity contribution in [1.29, 1.82) is 0 Å². The van der Waals surface area contributed by atoms with Crippen LogP contribution in [0.15, 0.2) is 24.3 Å². The van der Waals surface area contributed by atoms with Gasteiger partial charge in [0.15, 0.2) is 0 Å². The summed E-state index contributed by atoms with van der Waals surface area (Å²) < 4.78 is 18.2. The molecule has 0 heterocycles. The zero-order chi connectivity index (χ0) is 9.84. The van der Waals surface area contributed by atoms with Crippen molar-refractivity contribution in [2.45, 2.75) is 19.1 Å². The van der Waals surface area contributed by atoms with Crippen LogP contribution in [-0.4, -0.2) is 13.2 Å². The first kappa shape index (κ1) is 10.2. The van der Waals surface area contributed by atoms with Gasteiger partial charge in [-0.3, -0.25) is 0 Å². The summed E-state index contributed by atoms with van der Waals surface area (Å²) in [6.45, 7) is 1.82. The molecule has 0 amide bonds. The number of rotatable bonds is 3. The molecule has 2 nitrogen and oxygen atoms in total. The number of ether oxygens (including phenoxy) is 1. The first-order chi connectivity index (χ1) is 6.16. The van der Waals surface area contributed by atoms with Gasteiger partial charge in [0, 0.05) is 12.7 Å². The van der Waals surface area contributed by atoms with E-state index in [1.165, 1.54) is 6.07 Å². The van der Waals surface area contributed by atoms with Gasteiger partial charge in [0.05, 0.1) is 12.1 Å². The summed E-state index contributed by atoms with van der Waals surface area (Å²) in [4.78, 5) is 0. The van der Waals surface area contributed by atoms with E-state index in [0.29, 0.717) is 5.56 Å². The number of hydrogen-bond donors (Lipinski definition) is 1. The molecule has 0 saturated carbocycles. The smallest absolute Gasteiger partial charge is 0.128 e. The van der Waals surface area contributed by atoms with Crippen molar-refractivity contribution in [1.82, 2.24) is 0 Å². The molecule has 2 atom stereocenters. The van der Waals surface area contributed by atoms with E-state index in [4.69, 9.17) is 10.5 Å². The lowest BCUT2D eigenvalue weighted by molar-refractivity contribution is 0.0946. The maximum Gasteiger partial charge on any atom is 0.128 e. The van der Waals surface area contributed by atoms with Gasteiger partial charge in [-0.05, 0) is 13.0 Å². The van der Waals surface area contributed by atoms with Crippen LogP contribution in [0.4, 0.5) is 4.39 Å². The number of nitrogens with two attached hydrogens (primary N) is 1. The molecule has 2 N–H and O–H groups in total. The molecule has 0 aromatic heterocycles. The van der Waals surface area contributed by atoms with Crippen molar-refractivity contribution >= 4 is 0 Å². The van der Waals surface area contributed by atoms with Gasteiger partial charge < -0.3 is 10.5 Å². The highest BCUT2D eigenvalue weighted by molar-refractivity contribution is 5.21. The molecule has 0 aliphatic rings. The topological polar surface area (TPSA) is 35.2 Å². The Morgan fingerprint density at radius 1 is 1.38 bits per heavy atom. The Balaban J connectivity index is 2.88. The van der Waals surface area contributed by atoms with Gasteiger partial charge in [0.1, 0.15) is 5.82 Å². The molecular weight excluding hydrogens is 169 g/mol. The SMILES string of the molecule is COC(C)C(N)c1ccccc1F. The molecule has 0 bridgehead atoms. The van der Waals surface area contributed by atoms with E-state index in [0.717, 1.165) is 0 Å². The number of methoxy groups -OCH3 is 1. The molecule has 0 spiro atoms. The minimum atomic E-state index is -0.411. The Kier molecular flexibility index (Phi) is 3.39. The fourth-order valence-corrected chi connectivity index (χ4v) is 1.14. The Bertz CT molecular complexity index is 277. The maximum atomic E-state index is 13.2. The van der Waals surface area contributed by atoms with E-state index >= 15 is 0 Å². The van der Waals surface area contributed by atoms with Crippen LogP contribution in [0.1, 0.15) is 18.5 Å². The predicted octanol–water partition coefficient (Wildman–Crippen LogP) is 1.86. The van der Waals surface area contributed by atoms with Gasteiger partial charge in [0.25, 0.3) is 0 Å². The van der Waals surface area contributed by atoms with Crippen LogP contribution in [0.25, 0.3) is 0 Å². The zero-order valence-electron chi connectivity index (χ0n) is 7.83. The fourth-order valence-electron chi connectivity index (χ4n) is 1.14. The van der Waals surface area contributed by atoms with Gasteiger partial charge in [0.2, 0.25) is 0 Å². The summed E-state index contributed by atoms with van der Waals surface area (Å²) in [6, 6.07) is 6.07. The standard InChI is InChI=1S/C10H14FNO/c1-7(13-2)10(12)8-5-3-4-6-9(8)11/h3-7,10H,12H2,1-2H3. The molecular formula is C10H14FNO. The highest BCUT2D eigenvalue weighted by atomic mass is 19.1. The van der Waals surface area contributed by atoms with E-state index in [-0.39, 0.29) is 11.9 Å². The van der Waals surface area contributed by atoms with E-state index in [1.807, 2.05) is 6.92 Å². The molecule has 0 aliphatic carbocycles. The first-order valence-electron chi connectivity index (χ1n) is 4.19. The van der Waals surface area contributed by atoms with Gasteiger partial charge in [-0.15, -0.1) is 0 Å². The normalized spacial score (nSPS) is 15.4. The van der Waals surface area contributed by atoms with E-state index in [2.05, 4.69) is 0 Å². The van der Waals surface area contributed by atoms with Gasteiger partial charge in [-0.2, -0.15) is 0 Å². The molecule has 1 aromatic carbocycles. The molecule has 0 radical (unpaired) electrons. The first-order valence-corrected chi connectivity index (χ1v) is 4.19. The summed E-state index contributed by atoms with van der Waals surface area (Å²) in [5.74, 6) is -0.279. The summed E-state index contributed by atoms with van der Waals surface area (Å²) in [7, 11) is 1.56. The lowest BCUT2D eigenvalue weighted by Crippen LogP contribution is -2.26. The third kappa shape index (κ3) is 2.26. The van der Waals surface area contributed by atoms with Crippen molar-refractivity contribution in [3.05, 3.63) is 35.6 Å². The van der Waals surface area contributed by atoms with Crippen LogP contribution < -0.4 is 5.73 Å². The summed E-state index contributed by atoms with van der Waals surface area (Å²) in [6.07, 6.45) is -0.183. The van der Waals surface area contributed by atoms with Crippen LogP contribution in [-0.2, 0) is 4.74 Å². The molecule has 3 heteroatoms. The van der Waals surface area contributed by atoms with E-state index in [1.54, 1.807) is 25.3 Å². The molecule has 0 aliphatic heterocycles. The molecule has 1 aromatic rings. The maximum absolute atomic E-state index is 13.2. The second-order valence-corrected chi connectivity index (χ2v) is 2.99. The molecule has 0 saturated heterocycles. The Labute approximate surface area is 77.5 Å². The van der Waals surface area contributed by atoms with Gasteiger partial charge >= 0.3 is 0 Å². The van der Waals surface area contributed by atoms with Crippen LogP contribution >= 0.6 is 0 Å². The average Bonchev–Trinajstić information content (AvgIpc) is 2.16. The monoisotopic (exact) mass is 183 g/mol. The Hall–Kier alpha value is -0.930. The van der Waals surface area contributed by atoms with E-state index < -0.39 is 6.04 Å². The third-order valence-electron chi connectivity index (χ3n) is 2.14. The van der Waals surface area contributed by atoms with Gasteiger partial charge in [-0.1, -0.05) is 18.2 Å². The molecule has 2 unspecified atom stereocenters. The van der Waals surface area contributed by atoms with Crippen LogP contribution in [0, 0.1) is 5.82 Å². The van der Waals surface area contributed by atoms with Crippen LogP contribution in [0.2, 0.25) is 0 Å². The minimum Gasteiger partial charge on any atom is -0.380 e. The van der Waals surface area contributed by atoms with E-state index in [9.17, 15) is 4.39 Å². The summed E-state index contributed by atoms with van der Waals surface area (Å²) in [5, 5.41) is 0. The predicted molar refractivity (Wildman–Crippen MR) is 49.8 cm³/mol. The quantitative estimate of drug-likeness (QED) is 0.776. The largest absolute Gasteiger partial charge is 0.380 e. The minimum absolute atomic E-state index is 0.183. The second-order valence-electron chi connectivity index (χ2n) is 2.99. The Morgan fingerprint density at radius 3 is 2.54 bits per heavy atom. The number of benzene rings is 1. The van der Waals surface area contributed by atoms with Crippen LogP contribution in [0.3, 0.4) is 0 Å². The average molecular weight is 183 g/mol. The highest BCUT2D eigenvalue weighted by Crippen LogP contribution is 2.18. The molecule has 1 rings (SSSR count). The fraction of sp³-hybridized carbons (Fsp3) is 0.400. The summed E-state index contributed by atoms with van der Waals surface area (Å²) >= 11 is 0. The van der Waals surface area contributed by atoms with Crippen molar-refractivity contribution in [3.63, 3.8) is 0 Å². The second kappa shape index (κ2) is 4.35. The van der Waals surface area contributed by atoms with Gasteiger partial charge in [-0.25, -0.2) is 4.39 Å². The molecule has 0 fully saturated rings. The van der Waals surface area contributed by atoms with Crippen molar-refractivity contribution in [3.8, 4) is 0 Å². The van der Waals surface area contributed by atoms with Crippen molar-refractivity contribution in [2.75, 3.05) is 7.11 Å². The Morgan fingerprint density at radius 2 is 2.00 bits per heavy atom.